The largest absolute Gasteiger partial charge is 0.477 e. The van der Waals surface area contributed by atoms with Gasteiger partial charge in [0.25, 0.3) is 10.0 Å². The molecule has 0 aliphatic rings. The van der Waals surface area contributed by atoms with Crippen LogP contribution in [0.25, 0.3) is 0 Å². The van der Waals surface area contributed by atoms with Crippen molar-refractivity contribution in [1.82, 2.24) is 9.97 Å². The van der Waals surface area contributed by atoms with Crippen LogP contribution < -0.4 is 4.72 Å². The fourth-order valence-electron chi connectivity index (χ4n) is 1.45. The van der Waals surface area contributed by atoms with Crippen LogP contribution in [0.2, 0.25) is 0 Å². The first-order valence-corrected chi connectivity index (χ1v) is 7.53. The lowest BCUT2D eigenvalue weighted by Gasteiger charge is -2.07. The van der Waals surface area contributed by atoms with Crippen molar-refractivity contribution in [2.75, 3.05) is 4.72 Å². The number of nitrogens with zero attached hydrogens (tertiary/aromatic N) is 1. The van der Waals surface area contributed by atoms with E-state index in [0.29, 0.717) is 11.4 Å². The average molecular weight is 301 g/mol. The molecule has 19 heavy (non-hydrogen) atoms. The van der Waals surface area contributed by atoms with Crippen LogP contribution in [0.1, 0.15) is 21.1 Å². The molecule has 2 heterocycles. The van der Waals surface area contributed by atoms with Crippen molar-refractivity contribution in [2.24, 2.45) is 0 Å². The van der Waals surface area contributed by atoms with Gasteiger partial charge in [-0.25, -0.2) is 9.78 Å². The number of aromatic nitrogens is 2. The molecule has 0 aliphatic heterocycles. The Morgan fingerprint density at radius 2 is 2.16 bits per heavy atom. The number of carbonyl (C=O) groups is 1. The number of nitrogens with one attached hydrogen (secondary N) is 2. The van der Waals surface area contributed by atoms with E-state index in [1.54, 1.807) is 19.2 Å². The number of aryl methyl sites for hydroxylation is 2. The fraction of sp³-hybridized carbons (Fsp3) is 0.200. The van der Waals surface area contributed by atoms with Gasteiger partial charge in [0.15, 0.2) is 5.03 Å². The number of aromatic carboxylic acids is 1. The standard InChI is InChI=1S/C10H11N3O4S2/c1-5-4-18-9(10(14)15)8(5)13-19(16,17)7-3-11-6(2)12-7/h3-4,13H,1-2H3,(H,11,12)(H,14,15). The third-order valence-electron chi connectivity index (χ3n) is 2.37. The monoisotopic (exact) mass is 301 g/mol. The van der Waals surface area contributed by atoms with Gasteiger partial charge < -0.3 is 10.1 Å². The number of aromatic amines is 1. The molecule has 0 saturated heterocycles. The molecule has 2 rings (SSSR count). The SMILES string of the molecule is Cc1ncc(S(=O)(=O)Nc2c(C)csc2C(=O)O)[nH]1. The third-order valence-corrected chi connectivity index (χ3v) is 4.72. The molecule has 0 fully saturated rings. The molecule has 3 N–H and O–H groups in total. The van der Waals surface area contributed by atoms with Crippen LogP contribution in [0.4, 0.5) is 5.69 Å². The summed E-state index contributed by atoms with van der Waals surface area (Å²) >= 11 is 0.973. The Labute approximate surface area is 113 Å². The zero-order chi connectivity index (χ0) is 14.2. The molecule has 2 aromatic rings. The van der Waals surface area contributed by atoms with Crippen molar-refractivity contribution in [3.05, 3.63) is 27.8 Å². The molecule has 102 valence electrons. The topological polar surface area (TPSA) is 112 Å². The molecule has 0 amide bonds. The lowest BCUT2D eigenvalue weighted by molar-refractivity contribution is 0.0703. The minimum atomic E-state index is -3.87. The van der Waals surface area contributed by atoms with Crippen molar-refractivity contribution in [2.45, 2.75) is 18.9 Å². The van der Waals surface area contributed by atoms with E-state index in [0.717, 1.165) is 11.3 Å². The van der Waals surface area contributed by atoms with Gasteiger partial charge in [0, 0.05) is 0 Å². The van der Waals surface area contributed by atoms with Crippen LogP contribution in [0, 0.1) is 13.8 Å². The third kappa shape index (κ3) is 2.61. The van der Waals surface area contributed by atoms with Gasteiger partial charge in [-0.2, -0.15) is 8.42 Å². The molecule has 0 spiro atoms. The molecule has 0 bridgehead atoms. The first kappa shape index (κ1) is 13.6. The number of carboxylic acids is 1. The number of hydrogen-bond donors (Lipinski definition) is 3. The maximum Gasteiger partial charge on any atom is 0.348 e. The Hall–Kier alpha value is -1.87. The summed E-state index contributed by atoms with van der Waals surface area (Å²) in [6, 6.07) is 0. The molecular weight excluding hydrogens is 290 g/mol. The summed E-state index contributed by atoms with van der Waals surface area (Å²) in [6.07, 6.45) is 1.18. The number of hydrogen-bond acceptors (Lipinski definition) is 5. The van der Waals surface area contributed by atoms with Gasteiger partial charge in [-0.3, -0.25) is 4.72 Å². The highest BCUT2D eigenvalue weighted by atomic mass is 32.2. The highest BCUT2D eigenvalue weighted by Crippen LogP contribution is 2.29. The highest BCUT2D eigenvalue weighted by molar-refractivity contribution is 7.92. The molecule has 0 atom stereocenters. The van der Waals surface area contributed by atoms with Crippen molar-refractivity contribution < 1.29 is 18.3 Å². The Morgan fingerprint density at radius 3 is 2.68 bits per heavy atom. The first-order chi connectivity index (χ1) is 8.81. The molecule has 0 aromatic carbocycles. The predicted octanol–water partition coefficient (Wildman–Crippen LogP) is 1.59. The summed E-state index contributed by atoms with van der Waals surface area (Å²) < 4.78 is 26.4. The van der Waals surface area contributed by atoms with E-state index in [1.165, 1.54) is 6.20 Å². The Morgan fingerprint density at radius 1 is 1.47 bits per heavy atom. The summed E-state index contributed by atoms with van der Waals surface area (Å²) in [5, 5.41) is 10.5. The number of imidazole rings is 1. The van der Waals surface area contributed by atoms with E-state index < -0.39 is 16.0 Å². The zero-order valence-electron chi connectivity index (χ0n) is 10.1. The molecule has 0 aliphatic carbocycles. The first-order valence-electron chi connectivity index (χ1n) is 5.17. The molecule has 9 heteroatoms. The van der Waals surface area contributed by atoms with Crippen molar-refractivity contribution in [1.29, 1.82) is 0 Å². The number of sulfonamides is 1. The quantitative estimate of drug-likeness (QED) is 0.793. The van der Waals surface area contributed by atoms with Gasteiger partial charge in [-0.05, 0) is 24.8 Å². The second kappa shape index (κ2) is 4.67. The fourth-order valence-corrected chi connectivity index (χ4v) is 3.48. The summed E-state index contributed by atoms with van der Waals surface area (Å²) in [5.41, 5.74) is 0.645. The highest BCUT2D eigenvalue weighted by Gasteiger charge is 2.23. The van der Waals surface area contributed by atoms with Gasteiger partial charge in [0.05, 0.1) is 11.9 Å². The molecule has 0 saturated carbocycles. The summed E-state index contributed by atoms with van der Waals surface area (Å²) in [7, 11) is -3.87. The van der Waals surface area contributed by atoms with E-state index in [4.69, 9.17) is 5.11 Å². The zero-order valence-corrected chi connectivity index (χ0v) is 11.7. The summed E-state index contributed by atoms with van der Waals surface area (Å²) in [6.45, 7) is 3.26. The molecule has 0 unspecified atom stereocenters. The predicted molar refractivity (Wildman–Crippen MR) is 70.1 cm³/mol. The van der Waals surface area contributed by atoms with E-state index in [-0.39, 0.29) is 15.6 Å². The molecule has 2 aromatic heterocycles. The minimum absolute atomic E-state index is 0.0442. The van der Waals surface area contributed by atoms with E-state index in [9.17, 15) is 13.2 Å². The van der Waals surface area contributed by atoms with Gasteiger partial charge in [0.2, 0.25) is 0 Å². The lowest BCUT2D eigenvalue weighted by atomic mass is 10.3. The Bertz CT molecular complexity index is 730. The number of anilines is 1. The maximum atomic E-state index is 12.1. The van der Waals surface area contributed by atoms with Crippen LogP contribution in [-0.4, -0.2) is 29.5 Å². The van der Waals surface area contributed by atoms with Crippen LogP contribution in [0.5, 0.6) is 0 Å². The second-order valence-electron chi connectivity index (χ2n) is 3.87. The summed E-state index contributed by atoms with van der Waals surface area (Å²) in [5.74, 6) is -0.711. The molecular formula is C10H11N3O4S2. The number of carboxylic acid groups (broad SMARTS) is 1. The van der Waals surface area contributed by atoms with Crippen LogP contribution in [0.15, 0.2) is 16.6 Å². The van der Waals surface area contributed by atoms with Crippen LogP contribution in [0.3, 0.4) is 0 Å². The maximum absolute atomic E-state index is 12.1. The van der Waals surface area contributed by atoms with Gasteiger partial charge >= 0.3 is 5.97 Å². The van der Waals surface area contributed by atoms with Crippen molar-refractivity contribution >= 4 is 33.0 Å². The van der Waals surface area contributed by atoms with Crippen molar-refractivity contribution in [3.63, 3.8) is 0 Å². The van der Waals surface area contributed by atoms with E-state index in [2.05, 4.69) is 14.7 Å². The molecule has 7 nitrogen and oxygen atoms in total. The van der Waals surface area contributed by atoms with Crippen molar-refractivity contribution in [3.8, 4) is 0 Å². The number of H-pyrrole nitrogens is 1. The van der Waals surface area contributed by atoms with Gasteiger partial charge in [-0.15, -0.1) is 11.3 Å². The van der Waals surface area contributed by atoms with Gasteiger partial charge in [0.1, 0.15) is 10.7 Å². The normalized spacial score (nSPS) is 11.5. The minimum Gasteiger partial charge on any atom is -0.477 e. The van der Waals surface area contributed by atoms with E-state index in [1.807, 2.05) is 0 Å². The number of thiophene rings is 1. The van der Waals surface area contributed by atoms with E-state index >= 15 is 0 Å². The van der Waals surface area contributed by atoms with Crippen LogP contribution in [-0.2, 0) is 10.0 Å². The Kier molecular flexibility index (Phi) is 3.33. The number of rotatable bonds is 4. The average Bonchev–Trinajstić information content (AvgIpc) is 2.87. The second-order valence-corrected chi connectivity index (χ2v) is 6.40. The smallest absolute Gasteiger partial charge is 0.348 e. The lowest BCUT2D eigenvalue weighted by Crippen LogP contribution is -2.15. The Balaban J connectivity index is 2.41. The molecule has 0 radical (unpaired) electrons. The van der Waals surface area contributed by atoms with Crippen LogP contribution >= 0.6 is 11.3 Å². The summed E-state index contributed by atoms with van der Waals surface area (Å²) in [4.78, 5) is 17.4. The van der Waals surface area contributed by atoms with Gasteiger partial charge in [-0.1, -0.05) is 0 Å².